The molecule has 4 aromatic rings. The molecule has 1 heterocycles. The Morgan fingerprint density at radius 3 is 2.26 bits per heavy atom. The first-order chi connectivity index (χ1) is 17.1. The Bertz CT molecular complexity index is 1400. The highest BCUT2D eigenvalue weighted by molar-refractivity contribution is 7.62. The van der Waals surface area contributed by atoms with Crippen molar-refractivity contribution in [1.82, 2.24) is 0 Å². The molecule has 0 saturated heterocycles. The van der Waals surface area contributed by atoms with E-state index in [4.69, 9.17) is 18.5 Å². The summed E-state index contributed by atoms with van der Waals surface area (Å²) in [5, 5.41) is 2.61. The van der Waals surface area contributed by atoms with E-state index in [-0.39, 0.29) is 13.2 Å². The van der Waals surface area contributed by atoms with Crippen molar-refractivity contribution in [2.45, 2.75) is 27.1 Å². The lowest BCUT2D eigenvalue weighted by molar-refractivity contribution is 0.134. The monoisotopic (exact) mass is 488 g/mol. The number of rotatable bonds is 8. The van der Waals surface area contributed by atoms with Crippen LogP contribution in [0.1, 0.15) is 25.0 Å². The first-order valence-electron chi connectivity index (χ1n) is 11.9. The fraction of sp³-hybridized carbons (Fsp3) is 0.241. The molecule has 0 spiro atoms. The van der Waals surface area contributed by atoms with Gasteiger partial charge in [-0.25, -0.2) is 0 Å². The lowest BCUT2D eigenvalue weighted by Crippen LogP contribution is -2.17. The summed E-state index contributed by atoms with van der Waals surface area (Å²) < 4.78 is 38.0. The van der Waals surface area contributed by atoms with Gasteiger partial charge in [0.1, 0.15) is 5.75 Å². The molecule has 0 aromatic heterocycles. The van der Waals surface area contributed by atoms with Crippen LogP contribution in [0.4, 0.5) is 0 Å². The third kappa shape index (κ3) is 4.19. The second-order valence-corrected chi connectivity index (χ2v) is 10.3. The third-order valence-electron chi connectivity index (χ3n) is 6.33. The normalized spacial score (nSPS) is 13.2. The van der Waals surface area contributed by atoms with Crippen LogP contribution in [-0.4, -0.2) is 20.3 Å². The second kappa shape index (κ2) is 9.96. The largest absolute Gasteiger partial charge is 0.496 e. The topological polar surface area (TPSA) is 54.0 Å². The summed E-state index contributed by atoms with van der Waals surface area (Å²) in [6, 6.07) is 24.3. The molecule has 5 nitrogen and oxygen atoms in total. The molecule has 6 heteroatoms. The van der Waals surface area contributed by atoms with Crippen molar-refractivity contribution in [3.05, 3.63) is 83.9 Å². The van der Waals surface area contributed by atoms with E-state index in [0.717, 1.165) is 44.2 Å². The van der Waals surface area contributed by atoms with Crippen molar-refractivity contribution >= 4 is 23.7 Å². The first-order valence-corrected chi connectivity index (χ1v) is 13.4. The van der Waals surface area contributed by atoms with Gasteiger partial charge in [0, 0.05) is 11.1 Å². The highest BCUT2D eigenvalue weighted by Crippen LogP contribution is 2.54. The standard InChI is InChI=1S/C29H29O5P/c1-4-33-35(30,34-5-2)26-17-22-18-32-19-24(22)27(21-12-7-6-8-13-21)29(26)28-23-14-10-9-11-20(23)15-16-25(28)31-3/h6-17H,4-5,18-19H2,1-3H3. The Morgan fingerprint density at radius 2 is 1.54 bits per heavy atom. The minimum atomic E-state index is -3.67. The molecule has 180 valence electrons. The van der Waals surface area contributed by atoms with Crippen LogP contribution < -0.4 is 10.0 Å². The van der Waals surface area contributed by atoms with E-state index in [2.05, 4.69) is 24.3 Å². The van der Waals surface area contributed by atoms with E-state index in [9.17, 15) is 4.57 Å². The number of ether oxygens (including phenoxy) is 2. The Labute approximate surface area is 206 Å². The average Bonchev–Trinajstić information content (AvgIpc) is 3.36. The minimum absolute atomic E-state index is 0.262. The molecule has 0 fully saturated rings. The molecule has 0 saturated carbocycles. The Kier molecular flexibility index (Phi) is 6.77. The highest BCUT2D eigenvalue weighted by Gasteiger charge is 2.36. The molecule has 1 aliphatic heterocycles. The summed E-state index contributed by atoms with van der Waals surface area (Å²) in [4.78, 5) is 0. The van der Waals surface area contributed by atoms with Gasteiger partial charge in [0.15, 0.2) is 0 Å². The fourth-order valence-corrected chi connectivity index (χ4v) is 6.75. The van der Waals surface area contributed by atoms with Gasteiger partial charge in [-0.15, -0.1) is 0 Å². The lowest BCUT2D eigenvalue weighted by atomic mass is 9.86. The lowest BCUT2D eigenvalue weighted by Gasteiger charge is -2.26. The van der Waals surface area contributed by atoms with Gasteiger partial charge in [-0.1, -0.05) is 60.7 Å². The summed E-state index contributed by atoms with van der Waals surface area (Å²) in [6.45, 7) is 5.12. The maximum Gasteiger partial charge on any atom is 0.361 e. The van der Waals surface area contributed by atoms with Crippen LogP contribution in [0.15, 0.2) is 72.8 Å². The summed E-state index contributed by atoms with van der Waals surface area (Å²) in [6.07, 6.45) is 0. The summed E-state index contributed by atoms with van der Waals surface area (Å²) in [7, 11) is -2.01. The Morgan fingerprint density at radius 1 is 0.829 bits per heavy atom. The Hall–Kier alpha value is -2.95. The molecular formula is C29H29O5P. The van der Waals surface area contributed by atoms with Gasteiger partial charge in [0.25, 0.3) is 0 Å². The fourth-order valence-electron chi connectivity index (χ4n) is 4.91. The number of fused-ring (bicyclic) bond motifs is 2. The predicted molar refractivity (Wildman–Crippen MR) is 140 cm³/mol. The molecule has 4 aromatic carbocycles. The van der Waals surface area contributed by atoms with Crippen molar-refractivity contribution in [2.75, 3.05) is 20.3 Å². The van der Waals surface area contributed by atoms with E-state index < -0.39 is 7.60 Å². The smallest absolute Gasteiger partial charge is 0.361 e. The van der Waals surface area contributed by atoms with Crippen LogP contribution in [0.25, 0.3) is 33.0 Å². The molecule has 0 atom stereocenters. The second-order valence-electron chi connectivity index (χ2n) is 8.34. The SMILES string of the molecule is CCOP(=O)(OCC)c1cc2c(c(-c3ccccc3)c1-c1c(OC)ccc3ccccc13)COC2. The zero-order valence-corrected chi connectivity index (χ0v) is 21.1. The molecule has 0 radical (unpaired) electrons. The van der Waals surface area contributed by atoms with Gasteiger partial charge in [-0.3, -0.25) is 4.57 Å². The van der Waals surface area contributed by atoms with Gasteiger partial charge in [-0.05, 0) is 59.0 Å². The average molecular weight is 489 g/mol. The van der Waals surface area contributed by atoms with Gasteiger partial charge in [-0.2, -0.15) is 0 Å². The highest BCUT2D eigenvalue weighted by atomic mass is 31.2. The molecule has 0 N–H and O–H groups in total. The van der Waals surface area contributed by atoms with Crippen molar-refractivity contribution in [1.29, 1.82) is 0 Å². The van der Waals surface area contributed by atoms with Crippen molar-refractivity contribution in [3.8, 4) is 28.0 Å². The van der Waals surface area contributed by atoms with E-state index in [1.807, 2.05) is 62.4 Å². The zero-order chi connectivity index (χ0) is 24.4. The van der Waals surface area contributed by atoms with Crippen LogP contribution >= 0.6 is 7.60 Å². The van der Waals surface area contributed by atoms with Gasteiger partial charge in [0.05, 0.1) is 38.8 Å². The molecular weight excluding hydrogens is 459 g/mol. The van der Waals surface area contributed by atoms with Crippen LogP contribution in [0, 0.1) is 0 Å². The van der Waals surface area contributed by atoms with Gasteiger partial charge >= 0.3 is 7.60 Å². The minimum Gasteiger partial charge on any atom is -0.496 e. The van der Waals surface area contributed by atoms with Crippen LogP contribution in [0.3, 0.4) is 0 Å². The molecule has 0 aliphatic carbocycles. The van der Waals surface area contributed by atoms with Crippen molar-refractivity contribution < 1.29 is 23.1 Å². The zero-order valence-electron chi connectivity index (χ0n) is 20.2. The quantitative estimate of drug-likeness (QED) is 0.248. The van der Waals surface area contributed by atoms with Gasteiger partial charge in [0.2, 0.25) is 0 Å². The van der Waals surface area contributed by atoms with E-state index >= 15 is 0 Å². The number of methoxy groups -OCH3 is 1. The van der Waals surface area contributed by atoms with E-state index in [1.54, 1.807) is 7.11 Å². The van der Waals surface area contributed by atoms with E-state index in [0.29, 0.717) is 24.3 Å². The number of benzene rings is 4. The van der Waals surface area contributed by atoms with E-state index in [1.165, 1.54) is 0 Å². The van der Waals surface area contributed by atoms with Crippen LogP contribution in [0.5, 0.6) is 5.75 Å². The number of hydrogen-bond acceptors (Lipinski definition) is 5. The summed E-state index contributed by atoms with van der Waals surface area (Å²) >= 11 is 0. The first kappa shape index (κ1) is 23.8. The van der Waals surface area contributed by atoms with Crippen LogP contribution in [-0.2, 0) is 31.6 Å². The molecule has 1 aliphatic rings. The van der Waals surface area contributed by atoms with Crippen LogP contribution in [0.2, 0.25) is 0 Å². The van der Waals surface area contributed by atoms with Gasteiger partial charge < -0.3 is 18.5 Å². The molecule has 5 rings (SSSR count). The Balaban J connectivity index is 2.00. The summed E-state index contributed by atoms with van der Waals surface area (Å²) in [5.74, 6) is 0.695. The third-order valence-corrected chi connectivity index (χ3v) is 8.47. The molecule has 0 bridgehead atoms. The molecule has 0 unspecified atom stereocenters. The van der Waals surface area contributed by atoms with Crippen molar-refractivity contribution in [3.63, 3.8) is 0 Å². The maximum absolute atomic E-state index is 14.4. The summed E-state index contributed by atoms with van der Waals surface area (Å²) in [5.41, 5.74) is 5.75. The van der Waals surface area contributed by atoms with Crippen molar-refractivity contribution in [2.24, 2.45) is 0 Å². The maximum atomic E-state index is 14.4. The molecule has 0 amide bonds. The number of hydrogen-bond donors (Lipinski definition) is 0. The molecule has 35 heavy (non-hydrogen) atoms. The predicted octanol–water partition coefficient (Wildman–Crippen LogP) is 7.10.